The SMILES string of the molecule is Cc1ccc(C(Cl)c2ccccc2)cc1C(Cl)c1ccccc1. The average molecular weight is 341 g/mol. The van der Waals surface area contributed by atoms with Crippen LogP contribution in [-0.2, 0) is 0 Å². The minimum atomic E-state index is -0.171. The van der Waals surface area contributed by atoms with E-state index in [1.54, 1.807) is 0 Å². The summed E-state index contributed by atoms with van der Waals surface area (Å²) in [6.07, 6.45) is 0. The average Bonchev–Trinajstić information content (AvgIpc) is 2.62. The number of benzene rings is 3. The maximum Gasteiger partial charge on any atom is 0.0838 e. The maximum absolute atomic E-state index is 6.72. The van der Waals surface area contributed by atoms with Gasteiger partial charge in [0.1, 0.15) is 0 Å². The van der Waals surface area contributed by atoms with Crippen molar-refractivity contribution in [1.29, 1.82) is 0 Å². The molecule has 0 aromatic heterocycles. The van der Waals surface area contributed by atoms with Crippen molar-refractivity contribution in [3.8, 4) is 0 Å². The van der Waals surface area contributed by atoms with Gasteiger partial charge in [0, 0.05) is 0 Å². The smallest absolute Gasteiger partial charge is 0.0838 e. The third kappa shape index (κ3) is 3.60. The van der Waals surface area contributed by atoms with Gasteiger partial charge in [-0.3, -0.25) is 0 Å². The Bertz CT molecular complexity index is 766. The summed E-state index contributed by atoms with van der Waals surface area (Å²) in [7, 11) is 0. The van der Waals surface area contributed by atoms with Crippen LogP contribution in [0, 0.1) is 6.92 Å². The van der Waals surface area contributed by atoms with Crippen LogP contribution in [-0.4, -0.2) is 0 Å². The lowest BCUT2D eigenvalue weighted by Gasteiger charge is -2.17. The molecule has 0 saturated carbocycles. The van der Waals surface area contributed by atoms with E-state index in [4.69, 9.17) is 23.2 Å². The normalized spacial score (nSPS) is 13.5. The molecule has 0 nitrogen and oxygen atoms in total. The number of rotatable bonds is 4. The Morgan fingerprint density at radius 3 is 1.70 bits per heavy atom. The summed E-state index contributed by atoms with van der Waals surface area (Å²) < 4.78 is 0. The first-order chi connectivity index (χ1) is 11.2. The molecule has 23 heavy (non-hydrogen) atoms. The Morgan fingerprint density at radius 1 is 0.609 bits per heavy atom. The van der Waals surface area contributed by atoms with Gasteiger partial charge in [-0.05, 0) is 34.7 Å². The molecule has 0 aliphatic heterocycles. The highest BCUT2D eigenvalue weighted by Gasteiger charge is 2.17. The van der Waals surface area contributed by atoms with Gasteiger partial charge < -0.3 is 0 Å². The highest BCUT2D eigenvalue weighted by Crippen LogP contribution is 2.35. The molecule has 3 rings (SSSR count). The van der Waals surface area contributed by atoms with Crippen molar-refractivity contribution in [1.82, 2.24) is 0 Å². The molecular formula is C21H18Cl2. The molecule has 2 atom stereocenters. The van der Waals surface area contributed by atoms with Crippen molar-refractivity contribution >= 4 is 23.2 Å². The molecule has 2 heteroatoms. The van der Waals surface area contributed by atoms with E-state index in [0.717, 1.165) is 22.3 Å². The number of hydrogen-bond donors (Lipinski definition) is 0. The molecule has 2 unspecified atom stereocenters. The summed E-state index contributed by atoms with van der Waals surface area (Å²) in [5.41, 5.74) is 5.54. The zero-order chi connectivity index (χ0) is 16.2. The minimum absolute atomic E-state index is 0.171. The largest absolute Gasteiger partial charge is 0.113 e. The van der Waals surface area contributed by atoms with Gasteiger partial charge in [-0.1, -0.05) is 78.9 Å². The first-order valence-corrected chi connectivity index (χ1v) is 8.52. The summed E-state index contributed by atoms with van der Waals surface area (Å²) in [4.78, 5) is 0. The van der Waals surface area contributed by atoms with Gasteiger partial charge in [0.15, 0.2) is 0 Å². The van der Waals surface area contributed by atoms with E-state index in [0.29, 0.717) is 0 Å². The Hall–Kier alpha value is -1.76. The third-order valence-electron chi connectivity index (χ3n) is 4.05. The van der Waals surface area contributed by atoms with E-state index < -0.39 is 0 Å². The fourth-order valence-electron chi connectivity index (χ4n) is 2.71. The Morgan fingerprint density at radius 2 is 1.13 bits per heavy atom. The molecule has 3 aromatic carbocycles. The molecule has 0 aliphatic carbocycles. The number of aryl methyl sites for hydroxylation is 1. The lowest BCUT2D eigenvalue weighted by Crippen LogP contribution is -2.00. The van der Waals surface area contributed by atoms with Crippen molar-refractivity contribution in [2.24, 2.45) is 0 Å². The van der Waals surface area contributed by atoms with E-state index >= 15 is 0 Å². The van der Waals surface area contributed by atoms with Crippen molar-refractivity contribution in [2.45, 2.75) is 17.7 Å². The number of alkyl halides is 2. The predicted molar refractivity (Wildman–Crippen MR) is 99.5 cm³/mol. The van der Waals surface area contributed by atoms with E-state index in [1.807, 2.05) is 48.5 Å². The zero-order valence-corrected chi connectivity index (χ0v) is 14.4. The second kappa shape index (κ2) is 7.21. The van der Waals surface area contributed by atoms with Gasteiger partial charge in [0.05, 0.1) is 10.8 Å². The van der Waals surface area contributed by atoms with Crippen LogP contribution in [0.4, 0.5) is 0 Å². The van der Waals surface area contributed by atoms with Gasteiger partial charge in [0.2, 0.25) is 0 Å². The van der Waals surface area contributed by atoms with Gasteiger partial charge in [0.25, 0.3) is 0 Å². The fraction of sp³-hybridized carbons (Fsp3) is 0.143. The standard InChI is InChI=1S/C21H18Cl2/c1-15-12-13-18(20(22)16-8-4-2-5-9-16)14-19(15)21(23)17-10-6-3-7-11-17/h2-14,20-21H,1H3. The highest BCUT2D eigenvalue weighted by atomic mass is 35.5. The Labute approximate surface area is 147 Å². The summed E-state index contributed by atoms with van der Waals surface area (Å²) in [5.74, 6) is 0. The van der Waals surface area contributed by atoms with Gasteiger partial charge in [-0.2, -0.15) is 0 Å². The molecule has 0 bridgehead atoms. The highest BCUT2D eigenvalue weighted by molar-refractivity contribution is 6.23. The van der Waals surface area contributed by atoms with Crippen LogP contribution in [0.5, 0.6) is 0 Å². The predicted octanol–water partition coefficient (Wildman–Crippen LogP) is 6.65. The quantitative estimate of drug-likeness (QED) is 0.466. The van der Waals surface area contributed by atoms with Crippen LogP contribution in [0.2, 0.25) is 0 Å². The first kappa shape index (κ1) is 16.1. The Balaban J connectivity index is 1.96. The second-order valence-electron chi connectivity index (χ2n) is 5.66. The van der Waals surface area contributed by atoms with Crippen LogP contribution in [0.15, 0.2) is 78.9 Å². The molecule has 0 saturated heterocycles. The summed E-state index contributed by atoms with van der Waals surface area (Å²) in [5, 5.41) is -0.342. The molecule has 116 valence electrons. The molecule has 0 aliphatic rings. The zero-order valence-electron chi connectivity index (χ0n) is 12.9. The summed E-state index contributed by atoms with van der Waals surface area (Å²) in [6, 6.07) is 26.6. The van der Waals surface area contributed by atoms with Crippen LogP contribution in [0.3, 0.4) is 0 Å². The van der Waals surface area contributed by atoms with Crippen molar-refractivity contribution in [3.05, 3.63) is 107 Å². The van der Waals surface area contributed by atoms with Crippen molar-refractivity contribution < 1.29 is 0 Å². The molecule has 0 fully saturated rings. The van der Waals surface area contributed by atoms with Gasteiger partial charge >= 0.3 is 0 Å². The van der Waals surface area contributed by atoms with Gasteiger partial charge in [-0.25, -0.2) is 0 Å². The van der Waals surface area contributed by atoms with E-state index in [1.165, 1.54) is 5.56 Å². The number of halogens is 2. The fourth-order valence-corrected chi connectivity index (χ4v) is 3.37. The monoisotopic (exact) mass is 340 g/mol. The van der Waals surface area contributed by atoms with Crippen LogP contribution >= 0.6 is 23.2 Å². The lowest BCUT2D eigenvalue weighted by molar-refractivity contribution is 1.07. The molecule has 0 heterocycles. The molecule has 0 amide bonds. The number of hydrogen-bond acceptors (Lipinski definition) is 0. The molecule has 0 radical (unpaired) electrons. The molecular weight excluding hydrogens is 323 g/mol. The second-order valence-corrected chi connectivity index (χ2v) is 6.54. The first-order valence-electron chi connectivity index (χ1n) is 7.65. The van der Waals surface area contributed by atoms with Crippen LogP contribution < -0.4 is 0 Å². The molecule has 3 aromatic rings. The lowest BCUT2D eigenvalue weighted by atomic mass is 9.95. The van der Waals surface area contributed by atoms with Gasteiger partial charge in [-0.15, -0.1) is 23.2 Å². The Kier molecular flexibility index (Phi) is 5.05. The van der Waals surface area contributed by atoms with Crippen molar-refractivity contribution in [3.63, 3.8) is 0 Å². The van der Waals surface area contributed by atoms with Crippen LogP contribution in [0.25, 0.3) is 0 Å². The molecule has 0 spiro atoms. The van der Waals surface area contributed by atoms with E-state index in [-0.39, 0.29) is 10.8 Å². The van der Waals surface area contributed by atoms with E-state index in [2.05, 4.69) is 37.3 Å². The molecule has 0 N–H and O–H groups in total. The maximum atomic E-state index is 6.72. The summed E-state index contributed by atoms with van der Waals surface area (Å²) >= 11 is 13.4. The third-order valence-corrected chi connectivity index (χ3v) is 5.04. The topological polar surface area (TPSA) is 0 Å². The van der Waals surface area contributed by atoms with Crippen LogP contribution in [0.1, 0.15) is 38.6 Å². The van der Waals surface area contributed by atoms with Crippen molar-refractivity contribution in [2.75, 3.05) is 0 Å². The van der Waals surface area contributed by atoms with E-state index in [9.17, 15) is 0 Å². The minimum Gasteiger partial charge on any atom is -0.113 e. The summed E-state index contributed by atoms with van der Waals surface area (Å²) in [6.45, 7) is 2.09.